The summed E-state index contributed by atoms with van der Waals surface area (Å²) in [5.41, 5.74) is 2.80. The number of amides is 2. The summed E-state index contributed by atoms with van der Waals surface area (Å²) in [5.74, 6) is -1.56. The van der Waals surface area contributed by atoms with Crippen molar-refractivity contribution < 1.29 is 32.9 Å². The summed E-state index contributed by atoms with van der Waals surface area (Å²) in [6.07, 6.45) is 0. The SMILES string of the molecule is CO/N=C(\C(=O)N[C@@H]1C(=O)N2C(C(=O)OCc3ccc(OC)cc3)=C(CSc3cc(=O)c4ccccc4s3)CS(=O)[C@H]12)c1csc(NC(c2ccccc2)(c2ccccc2)c2ccccc2)n1. The standard InChI is InChI=1S/C50H41N5O8S4/c1-61-36-24-22-31(23-25-36)27-63-48(59)44-32(28-64-41-26-39(56)37-20-12-13-21-40(37)66-41)30-67(60)47-43(46(58)55(44)47)52-45(57)42(54-62-2)38-29-65-49(51-38)53-50(33-14-6-3-7-15-33,34-16-8-4-9-17-34)35-18-10-5-11-19-35/h3-26,29,43,47H,27-28,30H2,1-2H3,(H,51,53)(H,52,57)/b54-42-/t43-,47-,67?/m1/s1. The number of methoxy groups -OCH3 is 1. The van der Waals surface area contributed by atoms with Gasteiger partial charge in [-0.3, -0.25) is 23.5 Å². The normalized spacial score (nSPS) is 17.0. The molecule has 3 atom stereocenters. The van der Waals surface area contributed by atoms with E-state index in [0.29, 0.717) is 31.6 Å². The molecule has 2 aliphatic heterocycles. The third-order valence-corrected chi connectivity index (χ3v) is 16.1. The van der Waals surface area contributed by atoms with Gasteiger partial charge in [-0.1, -0.05) is 120 Å². The van der Waals surface area contributed by atoms with Gasteiger partial charge in [-0.25, -0.2) is 9.78 Å². The van der Waals surface area contributed by atoms with Crippen LogP contribution in [-0.4, -0.2) is 74.7 Å². The number of thiazole rings is 1. The molecule has 2 amide bonds. The fraction of sp³-hybridized carbons (Fsp3) is 0.160. The Morgan fingerprint density at radius 1 is 0.866 bits per heavy atom. The predicted molar refractivity (Wildman–Crippen MR) is 263 cm³/mol. The van der Waals surface area contributed by atoms with Crippen LogP contribution in [0.4, 0.5) is 5.13 Å². The molecule has 1 saturated heterocycles. The van der Waals surface area contributed by atoms with Gasteiger partial charge in [0.15, 0.2) is 16.3 Å². The highest BCUT2D eigenvalue weighted by Crippen LogP contribution is 2.42. The quantitative estimate of drug-likeness (QED) is 0.0244. The Bertz CT molecular complexity index is 3010. The summed E-state index contributed by atoms with van der Waals surface area (Å²) in [6.45, 7) is -0.112. The fourth-order valence-electron chi connectivity index (χ4n) is 8.09. The molecule has 7 aromatic rings. The molecular weight excluding hydrogens is 927 g/mol. The van der Waals surface area contributed by atoms with E-state index in [9.17, 15) is 23.4 Å². The average molecular weight is 968 g/mol. The van der Waals surface area contributed by atoms with Gasteiger partial charge < -0.3 is 24.9 Å². The number of hydrogen-bond acceptors (Lipinski definition) is 14. The maximum Gasteiger partial charge on any atom is 0.355 e. The van der Waals surface area contributed by atoms with Gasteiger partial charge in [0, 0.05) is 27.3 Å². The number of thioether (sulfide) groups is 1. The zero-order chi connectivity index (χ0) is 46.5. The first-order valence-electron chi connectivity index (χ1n) is 20.9. The molecule has 1 unspecified atom stereocenters. The van der Waals surface area contributed by atoms with Crippen LogP contribution < -0.4 is 20.8 Å². The van der Waals surface area contributed by atoms with Gasteiger partial charge in [0.2, 0.25) is 0 Å². The Hall–Kier alpha value is -6.92. The van der Waals surface area contributed by atoms with E-state index in [0.717, 1.165) is 26.3 Å². The van der Waals surface area contributed by atoms with E-state index in [1.54, 1.807) is 48.9 Å². The van der Waals surface area contributed by atoms with E-state index in [-0.39, 0.29) is 40.6 Å². The number of ether oxygens (including phenoxy) is 2. The molecule has 2 aromatic heterocycles. The highest BCUT2D eigenvalue weighted by atomic mass is 32.2. The average Bonchev–Trinajstić information content (AvgIpc) is 3.83. The lowest BCUT2D eigenvalue weighted by molar-refractivity contribution is -0.153. The van der Waals surface area contributed by atoms with Crippen molar-refractivity contribution in [3.05, 3.63) is 200 Å². The smallest absolute Gasteiger partial charge is 0.355 e. The van der Waals surface area contributed by atoms with Crippen molar-refractivity contribution in [1.29, 1.82) is 0 Å². The molecule has 17 heteroatoms. The molecule has 0 spiro atoms. The van der Waals surface area contributed by atoms with Crippen molar-refractivity contribution in [2.24, 2.45) is 5.16 Å². The first-order valence-corrected chi connectivity index (χ1v) is 25.0. The number of carbonyl (C=O) groups excluding carboxylic acids is 3. The highest BCUT2D eigenvalue weighted by molar-refractivity contribution is 8.01. The molecule has 13 nitrogen and oxygen atoms in total. The summed E-state index contributed by atoms with van der Waals surface area (Å²) >= 11 is 3.98. The summed E-state index contributed by atoms with van der Waals surface area (Å²) in [4.78, 5) is 66.6. The molecule has 1 fully saturated rings. The number of aromatic nitrogens is 1. The third kappa shape index (κ3) is 9.15. The Labute approximate surface area is 400 Å². The topological polar surface area (TPSA) is 166 Å². The van der Waals surface area contributed by atoms with Gasteiger partial charge >= 0.3 is 5.97 Å². The number of nitrogens with zero attached hydrogens (tertiary/aromatic N) is 3. The van der Waals surface area contributed by atoms with Crippen LogP contribution >= 0.6 is 34.4 Å². The minimum absolute atomic E-state index is 0.0472. The van der Waals surface area contributed by atoms with Crippen LogP contribution in [0.25, 0.3) is 10.1 Å². The van der Waals surface area contributed by atoms with Crippen LogP contribution in [-0.2, 0) is 46.9 Å². The fourth-order valence-corrected chi connectivity index (χ4v) is 12.9. The molecule has 2 aliphatic rings. The minimum Gasteiger partial charge on any atom is -0.497 e. The lowest BCUT2D eigenvalue weighted by atomic mass is 9.77. The summed E-state index contributed by atoms with van der Waals surface area (Å²) in [5, 5.41) is 12.1. The monoisotopic (exact) mass is 967 g/mol. The number of rotatable bonds is 16. The molecule has 0 bridgehead atoms. The molecule has 0 radical (unpaired) electrons. The lowest BCUT2D eigenvalue weighted by Gasteiger charge is -2.49. The first-order chi connectivity index (χ1) is 32.7. The number of anilines is 1. The highest BCUT2D eigenvalue weighted by Gasteiger charge is 2.57. The molecular formula is C50H41N5O8S4. The molecule has 4 heterocycles. The number of oxime groups is 1. The zero-order valence-corrected chi connectivity index (χ0v) is 39.2. The number of nitrogens with one attached hydrogen (secondary N) is 2. The maximum atomic E-state index is 14.2. The van der Waals surface area contributed by atoms with Gasteiger partial charge in [-0.2, -0.15) is 0 Å². The van der Waals surface area contributed by atoms with Crippen LogP contribution in [0.2, 0.25) is 0 Å². The molecule has 0 aliphatic carbocycles. The largest absolute Gasteiger partial charge is 0.497 e. The van der Waals surface area contributed by atoms with Crippen LogP contribution in [0.3, 0.4) is 0 Å². The number of hydrogen-bond donors (Lipinski definition) is 2. The molecule has 0 saturated carbocycles. The van der Waals surface area contributed by atoms with Crippen molar-refractivity contribution in [3.8, 4) is 5.75 Å². The number of β-lactam (4-membered cyclic amide) rings is 1. The Morgan fingerprint density at radius 2 is 1.49 bits per heavy atom. The second-order valence-electron chi connectivity index (χ2n) is 15.3. The first kappa shape index (κ1) is 45.2. The lowest BCUT2D eigenvalue weighted by Crippen LogP contribution is -2.74. The van der Waals surface area contributed by atoms with E-state index in [4.69, 9.17) is 19.3 Å². The molecule has 2 N–H and O–H groups in total. The molecule has 9 rings (SSSR count). The maximum absolute atomic E-state index is 14.2. The second-order valence-corrected chi connectivity index (χ2v) is 20.0. The second kappa shape index (κ2) is 19.9. The van der Waals surface area contributed by atoms with E-state index < -0.39 is 45.5 Å². The molecule has 5 aromatic carbocycles. The van der Waals surface area contributed by atoms with Crippen molar-refractivity contribution in [1.82, 2.24) is 15.2 Å². The number of esters is 1. The Balaban J connectivity index is 0.979. The van der Waals surface area contributed by atoms with Crippen LogP contribution in [0.15, 0.2) is 176 Å². The zero-order valence-electron chi connectivity index (χ0n) is 36.0. The van der Waals surface area contributed by atoms with Gasteiger partial charge in [-0.05, 0) is 52.1 Å². The number of fused-ring (bicyclic) bond motifs is 2. The van der Waals surface area contributed by atoms with Crippen LogP contribution in [0.5, 0.6) is 5.75 Å². The Morgan fingerprint density at radius 3 is 2.12 bits per heavy atom. The third-order valence-electron chi connectivity index (χ3n) is 11.3. The minimum atomic E-state index is -1.77. The van der Waals surface area contributed by atoms with Crippen molar-refractivity contribution >= 4 is 83.9 Å². The Kier molecular flexibility index (Phi) is 13.4. The van der Waals surface area contributed by atoms with Crippen molar-refractivity contribution in [2.75, 3.05) is 31.0 Å². The van der Waals surface area contributed by atoms with Gasteiger partial charge in [-0.15, -0.1) is 34.4 Å². The summed E-state index contributed by atoms with van der Waals surface area (Å²) in [6, 6.07) is 44.5. The number of carbonyl (C=O) groups is 3. The van der Waals surface area contributed by atoms with Crippen molar-refractivity contribution in [3.63, 3.8) is 0 Å². The predicted octanol–water partition coefficient (Wildman–Crippen LogP) is 7.69. The van der Waals surface area contributed by atoms with E-state index >= 15 is 0 Å². The number of benzene rings is 5. The van der Waals surface area contributed by atoms with E-state index in [2.05, 4.69) is 15.8 Å². The van der Waals surface area contributed by atoms with E-state index in [1.807, 2.05) is 103 Å². The van der Waals surface area contributed by atoms with Crippen molar-refractivity contribution in [2.45, 2.75) is 27.8 Å². The van der Waals surface area contributed by atoms with Gasteiger partial charge in [0.25, 0.3) is 11.8 Å². The molecule has 67 heavy (non-hydrogen) atoms. The molecule has 338 valence electrons. The van der Waals surface area contributed by atoms with E-state index in [1.165, 1.54) is 47.6 Å². The van der Waals surface area contributed by atoms with Crippen LogP contribution in [0.1, 0.15) is 27.9 Å². The summed E-state index contributed by atoms with van der Waals surface area (Å²) in [7, 11) is 1.07. The van der Waals surface area contributed by atoms with Gasteiger partial charge in [0.05, 0.1) is 27.9 Å². The van der Waals surface area contributed by atoms with Gasteiger partial charge in [0.1, 0.15) is 47.8 Å². The van der Waals surface area contributed by atoms with Crippen LogP contribution in [0, 0.1) is 0 Å². The summed E-state index contributed by atoms with van der Waals surface area (Å²) < 4.78 is 26.7.